The van der Waals surface area contributed by atoms with Crippen molar-refractivity contribution in [3.63, 3.8) is 0 Å². The molecule has 2 rings (SSSR count). The van der Waals surface area contributed by atoms with Crippen molar-refractivity contribution in [2.45, 2.75) is 0 Å². The Balaban J connectivity index is 1.78. The van der Waals surface area contributed by atoms with Crippen LogP contribution < -0.4 is 10.1 Å². The van der Waals surface area contributed by atoms with Crippen LogP contribution in [-0.2, 0) is 14.3 Å². The predicted octanol–water partition coefficient (Wildman–Crippen LogP) is 4.21. The zero-order valence-electron chi connectivity index (χ0n) is 12.2. The first-order valence-corrected chi connectivity index (χ1v) is 7.87. The molecule has 5 nitrogen and oxygen atoms in total. The largest absolute Gasteiger partial charge is 0.482 e. The Hall–Kier alpha value is -1.95. The molecule has 126 valence electrons. The number of amides is 1. The number of hydrogen-bond donors (Lipinski definition) is 1. The molecule has 8 heteroatoms. The van der Waals surface area contributed by atoms with Crippen LogP contribution in [0.15, 0.2) is 42.5 Å². The van der Waals surface area contributed by atoms with E-state index in [0.717, 1.165) is 0 Å². The Morgan fingerprint density at radius 2 is 1.62 bits per heavy atom. The molecule has 0 saturated carbocycles. The molecule has 0 bridgehead atoms. The molecule has 0 aliphatic carbocycles. The molecular weight excluding hydrogens is 377 g/mol. The summed E-state index contributed by atoms with van der Waals surface area (Å²) in [6.07, 6.45) is 0. The first-order valence-electron chi connectivity index (χ1n) is 6.73. The van der Waals surface area contributed by atoms with Crippen LogP contribution >= 0.6 is 34.8 Å². The van der Waals surface area contributed by atoms with Crippen molar-refractivity contribution < 1.29 is 19.1 Å². The van der Waals surface area contributed by atoms with Gasteiger partial charge in [-0.1, -0.05) is 46.9 Å². The number of ether oxygens (including phenoxy) is 2. The number of anilines is 1. The van der Waals surface area contributed by atoms with Crippen LogP contribution in [0.25, 0.3) is 0 Å². The fourth-order valence-corrected chi connectivity index (χ4v) is 2.35. The highest BCUT2D eigenvalue weighted by Crippen LogP contribution is 2.29. The molecule has 2 aromatic carbocycles. The summed E-state index contributed by atoms with van der Waals surface area (Å²) in [6.45, 7) is -0.834. The molecule has 0 aromatic heterocycles. The molecule has 0 spiro atoms. The summed E-state index contributed by atoms with van der Waals surface area (Å²) < 4.78 is 10.0. The highest BCUT2D eigenvalue weighted by atomic mass is 35.5. The van der Waals surface area contributed by atoms with Crippen molar-refractivity contribution in [3.8, 4) is 5.75 Å². The maximum absolute atomic E-state index is 11.8. The minimum atomic E-state index is -0.699. The van der Waals surface area contributed by atoms with Crippen molar-refractivity contribution in [2.24, 2.45) is 0 Å². The molecule has 2 aromatic rings. The van der Waals surface area contributed by atoms with E-state index in [9.17, 15) is 9.59 Å². The average molecular weight is 389 g/mol. The van der Waals surface area contributed by atoms with Crippen LogP contribution in [-0.4, -0.2) is 25.1 Å². The summed E-state index contributed by atoms with van der Waals surface area (Å²) in [5.41, 5.74) is 0.261. The van der Waals surface area contributed by atoms with Gasteiger partial charge in [0.2, 0.25) is 0 Å². The fourth-order valence-electron chi connectivity index (χ4n) is 1.68. The van der Waals surface area contributed by atoms with Gasteiger partial charge in [0, 0.05) is 5.02 Å². The Bertz CT molecular complexity index is 732. The smallest absolute Gasteiger partial charge is 0.344 e. The third-order valence-corrected chi connectivity index (χ3v) is 3.61. The summed E-state index contributed by atoms with van der Waals surface area (Å²) in [5, 5.41) is 3.53. The molecule has 0 radical (unpaired) electrons. The van der Waals surface area contributed by atoms with Gasteiger partial charge in [-0.3, -0.25) is 4.79 Å². The van der Waals surface area contributed by atoms with Crippen LogP contribution in [0.4, 0.5) is 5.69 Å². The normalized spacial score (nSPS) is 10.1. The van der Waals surface area contributed by atoms with Gasteiger partial charge in [-0.05, 0) is 30.3 Å². The Kier molecular flexibility index (Phi) is 6.73. The van der Waals surface area contributed by atoms with E-state index in [1.807, 2.05) is 0 Å². The van der Waals surface area contributed by atoms with E-state index >= 15 is 0 Å². The lowest BCUT2D eigenvalue weighted by molar-refractivity contribution is -0.149. The summed E-state index contributed by atoms with van der Waals surface area (Å²) in [6, 6.07) is 11.4. The Morgan fingerprint density at radius 3 is 2.29 bits per heavy atom. The Labute approximate surface area is 153 Å². The van der Waals surface area contributed by atoms with Crippen molar-refractivity contribution >= 4 is 52.4 Å². The lowest BCUT2D eigenvalue weighted by Crippen LogP contribution is -2.23. The molecule has 0 aliphatic heterocycles. The van der Waals surface area contributed by atoms with Crippen LogP contribution in [0, 0.1) is 0 Å². The number of benzene rings is 2. The predicted molar refractivity (Wildman–Crippen MR) is 93.0 cm³/mol. The van der Waals surface area contributed by atoms with Crippen molar-refractivity contribution in [1.82, 2.24) is 0 Å². The number of nitrogens with one attached hydrogen (secondary N) is 1. The van der Waals surface area contributed by atoms with Gasteiger partial charge in [-0.25, -0.2) is 4.79 Å². The number of esters is 1. The van der Waals surface area contributed by atoms with E-state index in [2.05, 4.69) is 5.32 Å². The van der Waals surface area contributed by atoms with E-state index in [-0.39, 0.29) is 22.3 Å². The maximum atomic E-state index is 11.8. The van der Waals surface area contributed by atoms with Crippen molar-refractivity contribution in [3.05, 3.63) is 57.5 Å². The zero-order chi connectivity index (χ0) is 17.5. The van der Waals surface area contributed by atoms with Gasteiger partial charge in [0.05, 0.1) is 15.7 Å². The van der Waals surface area contributed by atoms with Gasteiger partial charge >= 0.3 is 5.97 Å². The van der Waals surface area contributed by atoms with Gasteiger partial charge in [-0.15, -0.1) is 0 Å². The topological polar surface area (TPSA) is 64.6 Å². The molecule has 0 heterocycles. The first kappa shape index (κ1) is 18.4. The molecule has 0 saturated heterocycles. The molecule has 1 N–H and O–H groups in total. The second-order valence-corrected chi connectivity index (χ2v) is 5.80. The quantitative estimate of drug-likeness (QED) is 0.753. The molecule has 0 unspecified atom stereocenters. The van der Waals surface area contributed by atoms with Crippen molar-refractivity contribution in [2.75, 3.05) is 18.5 Å². The van der Waals surface area contributed by atoms with Gasteiger partial charge in [0.25, 0.3) is 5.91 Å². The van der Waals surface area contributed by atoms with E-state index in [4.69, 9.17) is 44.3 Å². The number of rotatable bonds is 6. The summed E-state index contributed by atoms with van der Waals surface area (Å²) in [4.78, 5) is 23.4. The van der Waals surface area contributed by atoms with Gasteiger partial charge in [-0.2, -0.15) is 0 Å². The monoisotopic (exact) mass is 387 g/mol. The number of carbonyl (C=O) groups excluding carboxylic acids is 2. The summed E-state index contributed by atoms with van der Waals surface area (Å²) >= 11 is 17.7. The lowest BCUT2D eigenvalue weighted by atomic mass is 10.3. The fraction of sp³-hybridized carbons (Fsp3) is 0.125. The summed E-state index contributed by atoms with van der Waals surface area (Å²) in [5.74, 6) is -0.844. The van der Waals surface area contributed by atoms with E-state index in [1.165, 1.54) is 0 Å². The third-order valence-electron chi connectivity index (χ3n) is 2.74. The Morgan fingerprint density at radius 1 is 0.958 bits per heavy atom. The molecule has 24 heavy (non-hydrogen) atoms. The van der Waals surface area contributed by atoms with E-state index < -0.39 is 18.5 Å². The minimum absolute atomic E-state index is 0.261. The number of para-hydroxylation sites is 1. The lowest BCUT2D eigenvalue weighted by Gasteiger charge is -2.10. The highest BCUT2D eigenvalue weighted by molar-refractivity contribution is 6.39. The zero-order valence-corrected chi connectivity index (χ0v) is 14.5. The number of halogens is 3. The molecular formula is C16H12Cl3NO4. The van der Waals surface area contributed by atoms with E-state index in [1.54, 1.807) is 42.5 Å². The van der Waals surface area contributed by atoms with Gasteiger partial charge in [0.1, 0.15) is 5.75 Å². The van der Waals surface area contributed by atoms with E-state index in [0.29, 0.717) is 10.8 Å². The highest BCUT2D eigenvalue weighted by Gasteiger charge is 2.12. The average Bonchev–Trinajstić information content (AvgIpc) is 2.54. The number of carbonyl (C=O) groups is 2. The molecule has 0 aliphatic rings. The van der Waals surface area contributed by atoms with Crippen molar-refractivity contribution in [1.29, 1.82) is 0 Å². The van der Waals surface area contributed by atoms with Crippen LogP contribution in [0.2, 0.25) is 15.1 Å². The van der Waals surface area contributed by atoms with Crippen LogP contribution in [0.5, 0.6) is 5.75 Å². The molecule has 0 fully saturated rings. The standard InChI is InChI=1S/C16H12Cl3NO4/c17-10-3-1-4-11(7-10)23-9-15(22)24-8-14(21)20-16-12(18)5-2-6-13(16)19/h1-7H,8-9H2,(H,20,21). The van der Waals surface area contributed by atoms with Crippen LogP contribution in [0.3, 0.4) is 0 Å². The van der Waals surface area contributed by atoms with Gasteiger partial charge in [0.15, 0.2) is 13.2 Å². The number of hydrogen-bond acceptors (Lipinski definition) is 4. The van der Waals surface area contributed by atoms with Gasteiger partial charge < -0.3 is 14.8 Å². The first-order chi connectivity index (χ1) is 11.5. The molecule has 1 amide bonds. The second-order valence-electron chi connectivity index (χ2n) is 4.55. The maximum Gasteiger partial charge on any atom is 0.344 e. The third kappa shape index (κ3) is 5.60. The SMILES string of the molecule is O=C(COC(=O)COc1cccc(Cl)c1)Nc1c(Cl)cccc1Cl. The second kappa shape index (κ2) is 8.78. The van der Waals surface area contributed by atoms with Crippen LogP contribution in [0.1, 0.15) is 0 Å². The molecule has 0 atom stereocenters. The minimum Gasteiger partial charge on any atom is -0.482 e. The summed E-state index contributed by atoms with van der Waals surface area (Å²) in [7, 11) is 0.